The molecule has 0 aromatic heterocycles. The molecule has 100 valence electrons. The monoisotopic (exact) mass is 250 g/mol. The number of Topliss-reactive ketones (excluding diaryl/α,β-unsaturated/α-hetero) is 1. The molecule has 0 aromatic rings. The van der Waals surface area contributed by atoms with Crippen molar-refractivity contribution in [2.75, 3.05) is 0 Å². The summed E-state index contributed by atoms with van der Waals surface area (Å²) < 4.78 is 36.5. The zero-order valence-electron chi connectivity index (χ0n) is 10.7. The van der Waals surface area contributed by atoms with Gasteiger partial charge in [-0.2, -0.15) is 13.2 Å². The predicted octanol–water partition coefficient (Wildman–Crippen LogP) is 4.36. The summed E-state index contributed by atoms with van der Waals surface area (Å²) in [4.78, 5) is 11.6. The van der Waals surface area contributed by atoms with Crippen LogP contribution < -0.4 is 0 Å². The molecule has 1 saturated carbocycles. The number of halogens is 3. The predicted molar refractivity (Wildman–Crippen MR) is 60.6 cm³/mol. The minimum absolute atomic E-state index is 0.0229. The largest absolute Gasteiger partial charge is 0.389 e. The molecule has 1 aliphatic carbocycles. The first kappa shape index (κ1) is 14.5. The van der Waals surface area contributed by atoms with E-state index in [2.05, 4.69) is 20.8 Å². The summed E-state index contributed by atoms with van der Waals surface area (Å²) in [7, 11) is 0. The van der Waals surface area contributed by atoms with Gasteiger partial charge >= 0.3 is 6.18 Å². The Kier molecular flexibility index (Phi) is 4.26. The Hall–Kier alpha value is -0.540. The Balaban J connectivity index is 2.55. The number of hydrogen-bond acceptors (Lipinski definition) is 1. The molecule has 4 heteroatoms. The van der Waals surface area contributed by atoms with Gasteiger partial charge in [0.15, 0.2) is 0 Å². The van der Waals surface area contributed by atoms with E-state index < -0.39 is 12.6 Å². The van der Waals surface area contributed by atoms with Gasteiger partial charge in [-0.25, -0.2) is 0 Å². The molecular weight excluding hydrogens is 229 g/mol. The van der Waals surface area contributed by atoms with Crippen LogP contribution in [0.4, 0.5) is 13.2 Å². The Bertz CT molecular complexity index is 275. The molecule has 0 aliphatic heterocycles. The first-order chi connectivity index (χ1) is 7.59. The zero-order valence-corrected chi connectivity index (χ0v) is 10.7. The third-order valence-electron chi connectivity index (χ3n) is 3.76. The first-order valence-corrected chi connectivity index (χ1v) is 6.19. The van der Waals surface area contributed by atoms with Crippen molar-refractivity contribution in [1.29, 1.82) is 0 Å². The Morgan fingerprint density at radius 3 is 2.29 bits per heavy atom. The maximum Gasteiger partial charge on any atom is 0.389 e. The molecule has 0 bridgehead atoms. The van der Waals surface area contributed by atoms with E-state index in [0.717, 1.165) is 6.42 Å². The van der Waals surface area contributed by atoms with Gasteiger partial charge in [-0.3, -0.25) is 4.79 Å². The number of carbonyl (C=O) groups is 1. The second kappa shape index (κ2) is 4.99. The average molecular weight is 250 g/mol. The standard InChI is InChI=1S/C13H21F3O/c1-12(2,3)10-4-5-11(17)9(8-10)6-7-13(14,15)16/h9-10H,4-8H2,1-3H3. The van der Waals surface area contributed by atoms with Crippen molar-refractivity contribution in [3.05, 3.63) is 0 Å². The summed E-state index contributed by atoms with van der Waals surface area (Å²) >= 11 is 0. The van der Waals surface area contributed by atoms with Gasteiger partial charge in [-0.15, -0.1) is 0 Å². The molecule has 0 radical (unpaired) electrons. The van der Waals surface area contributed by atoms with Crippen molar-refractivity contribution in [2.24, 2.45) is 17.3 Å². The Morgan fingerprint density at radius 1 is 1.24 bits per heavy atom. The molecule has 0 aromatic carbocycles. The normalized spacial score (nSPS) is 27.3. The summed E-state index contributed by atoms with van der Waals surface area (Å²) in [6.07, 6.45) is -3.11. The van der Waals surface area contributed by atoms with E-state index in [4.69, 9.17) is 0 Å². The van der Waals surface area contributed by atoms with E-state index in [9.17, 15) is 18.0 Å². The highest BCUT2D eigenvalue weighted by Crippen LogP contribution is 2.41. The minimum Gasteiger partial charge on any atom is -0.299 e. The summed E-state index contributed by atoms with van der Waals surface area (Å²) in [6, 6.07) is 0. The lowest BCUT2D eigenvalue weighted by atomic mass is 9.68. The Morgan fingerprint density at radius 2 is 1.82 bits per heavy atom. The molecule has 0 heterocycles. The lowest BCUT2D eigenvalue weighted by Gasteiger charge is -2.37. The van der Waals surface area contributed by atoms with Gasteiger partial charge in [-0.1, -0.05) is 20.8 Å². The topological polar surface area (TPSA) is 17.1 Å². The maximum atomic E-state index is 12.2. The summed E-state index contributed by atoms with van der Waals surface area (Å²) in [6.45, 7) is 6.27. The van der Waals surface area contributed by atoms with E-state index in [1.54, 1.807) is 0 Å². The third kappa shape index (κ3) is 4.68. The van der Waals surface area contributed by atoms with Crippen LogP contribution in [0.5, 0.6) is 0 Å². The SMILES string of the molecule is CC(C)(C)C1CCC(=O)C(CCC(F)(F)F)C1. The van der Waals surface area contributed by atoms with Gasteiger partial charge in [0.2, 0.25) is 0 Å². The fraction of sp³-hybridized carbons (Fsp3) is 0.923. The third-order valence-corrected chi connectivity index (χ3v) is 3.76. The molecule has 0 spiro atoms. The van der Waals surface area contributed by atoms with Crippen molar-refractivity contribution < 1.29 is 18.0 Å². The van der Waals surface area contributed by atoms with Crippen molar-refractivity contribution in [3.63, 3.8) is 0 Å². The highest BCUT2D eigenvalue weighted by Gasteiger charge is 2.37. The number of ketones is 1. The van der Waals surface area contributed by atoms with E-state index in [1.165, 1.54) is 0 Å². The van der Waals surface area contributed by atoms with Crippen LogP contribution in [-0.2, 0) is 4.79 Å². The van der Waals surface area contributed by atoms with Crippen LogP contribution in [0.2, 0.25) is 0 Å². The quantitative estimate of drug-likeness (QED) is 0.711. The molecule has 1 fully saturated rings. The lowest BCUT2D eigenvalue weighted by molar-refractivity contribution is -0.142. The van der Waals surface area contributed by atoms with Crippen molar-refractivity contribution >= 4 is 5.78 Å². The minimum atomic E-state index is -4.14. The number of hydrogen-bond donors (Lipinski definition) is 0. The smallest absolute Gasteiger partial charge is 0.299 e. The molecule has 0 saturated heterocycles. The first-order valence-electron chi connectivity index (χ1n) is 6.19. The number of alkyl halides is 3. The maximum absolute atomic E-state index is 12.2. The molecule has 17 heavy (non-hydrogen) atoms. The van der Waals surface area contributed by atoms with E-state index >= 15 is 0 Å². The lowest BCUT2D eigenvalue weighted by Crippen LogP contribution is -2.32. The van der Waals surface area contributed by atoms with Crippen LogP contribution in [-0.4, -0.2) is 12.0 Å². The Labute approximate surface area is 101 Å². The van der Waals surface area contributed by atoms with E-state index in [1.807, 2.05) is 0 Å². The fourth-order valence-electron chi connectivity index (χ4n) is 2.52. The van der Waals surface area contributed by atoms with Crippen LogP contribution in [0.3, 0.4) is 0 Å². The summed E-state index contributed by atoms with van der Waals surface area (Å²) in [5.41, 5.74) is 0.0805. The van der Waals surface area contributed by atoms with E-state index in [-0.39, 0.29) is 23.5 Å². The molecule has 1 nitrogen and oxygen atoms in total. The van der Waals surface area contributed by atoms with Gasteiger partial charge in [0.25, 0.3) is 0 Å². The molecule has 2 unspecified atom stereocenters. The highest BCUT2D eigenvalue weighted by molar-refractivity contribution is 5.81. The van der Waals surface area contributed by atoms with Crippen LogP contribution in [0, 0.1) is 17.3 Å². The van der Waals surface area contributed by atoms with Crippen LogP contribution >= 0.6 is 0 Å². The van der Waals surface area contributed by atoms with Crippen LogP contribution in [0.1, 0.15) is 52.9 Å². The van der Waals surface area contributed by atoms with Gasteiger partial charge in [0.1, 0.15) is 5.78 Å². The fourth-order valence-corrected chi connectivity index (χ4v) is 2.52. The van der Waals surface area contributed by atoms with Gasteiger partial charge in [0, 0.05) is 18.8 Å². The van der Waals surface area contributed by atoms with E-state index in [0.29, 0.717) is 18.8 Å². The molecule has 0 N–H and O–H groups in total. The van der Waals surface area contributed by atoms with Crippen LogP contribution in [0.15, 0.2) is 0 Å². The zero-order chi connectivity index (χ0) is 13.3. The highest BCUT2D eigenvalue weighted by atomic mass is 19.4. The summed E-state index contributed by atoms with van der Waals surface area (Å²) in [5, 5.41) is 0. The molecule has 2 atom stereocenters. The van der Waals surface area contributed by atoms with Crippen molar-refractivity contribution in [2.45, 2.75) is 59.1 Å². The van der Waals surface area contributed by atoms with Crippen LogP contribution in [0.25, 0.3) is 0 Å². The average Bonchev–Trinajstić information content (AvgIpc) is 2.13. The second-order valence-corrected chi connectivity index (χ2v) is 6.15. The molecular formula is C13H21F3O. The number of rotatable bonds is 2. The van der Waals surface area contributed by atoms with Gasteiger partial charge < -0.3 is 0 Å². The summed E-state index contributed by atoms with van der Waals surface area (Å²) in [5.74, 6) is 0.00258. The number of carbonyl (C=O) groups excluding carboxylic acids is 1. The van der Waals surface area contributed by atoms with Gasteiger partial charge in [-0.05, 0) is 30.6 Å². The van der Waals surface area contributed by atoms with Crippen molar-refractivity contribution in [1.82, 2.24) is 0 Å². The molecule has 1 aliphatic rings. The second-order valence-electron chi connectivity index (χ2n) is 6.15. The molecule has 0 amide bonds. The van der Waals surface area contributed by atoms with Crippen molar-refractivity contribution in [3.8, 4) is 0 Å². The molecule has 1 rings (SSSR count). The van der Waals surface area contributed by atoms with Gasteiger partial charge in [0.05, 0.1) is 0 Å².